The Kier molecular flexibility index (Phi) is 8.13. The van der Waals surface area contributed by atoms with Crippen LogP contribution in [0.2, 0.25) is 5.02 Å². The zero-order chi connectivity index (χ0) is 23.9. The molecule has 1 heterocycles. The molecule has 178 valence electrons. The summed E-state index contributed by atoms with van der Waals surface area (Å²) >= 11 is 7.24. The Labute approximate surface area is 208 Å². The molecule has 4 rings (SSSR count). The van der Waals surface area contributed by atoms with Gasteiger partial charge in [-0.25, -0.2) is 0 Å². The van der Waals surface area contributed by atoms with Crippen LogP contribution < -0.4 is 10.1 Å². The molecule has 2 aromatic carbocycles. The number of halogens is 1. The Bertz CT molecular complexity index is 1130. The molecule has 0 saturated heterocycles. The maximum Gasteiger partial charge on any atom is 0.254 e. The highest BCUT2D eigenvalue weighted by atomic mass is 35.5. The van der Waals surface area contributed by atoms with Crippen LogP contribution in [0, 0.1) is 0 Å². The number of ether oxygens (including phenoxy) is 1. The van der Waals surface area contributed by atoms with Gasteiger partial charge >= 0.3 is 0 Å². The van der Waals surface area contributed by atoms with E-state index in [1.807, 2.05) is 29.2 Å². The number of benzene rings is 2. The first-order valence-electron chi connectivity index (χ1n) is 11.4. The third-order valence-electron chi connectivity index (χ3n) is 5.94. The van der Waals surface area contributed by atoms with Gasteiger partial charge in [0.1, 0.15) is 10.8 Å². The topological polar surface area (TPSA) is 84.4 Å². The van der Waals surface area contributed by atoms with Gasteiger partial charge in [0.05, 0.1) is 7.11 Å². The van der Waals surface area contributed by atoms with Gasteiger partial charge < -0.3 is 15.0 Å². The Morgan fingerprint density at radius 2 is 1.88 bits per heavy atom. The number of nitrogens with zero attached hydrogens (tertiary/aromatic N) is 3. The maximum atomic E-state index is 13.4. The minimum atomic E-state index is -0.196. The van der Waals surface area contributed by atoms with Crippen LogP contribution in [0.15, 0.2) is 48.5 Å². The summed E-state index contributed by atoms with van der Waals surface area (Å²) in [5.74, 6) is 0.373. The predicted octanol–water partition coefficient (Wildman–Crippen LogP) is 5.67. The molecule has 0 radical (unpaired) electrons. The highest BCUT2D eigenvalue weighted by Gasteiger charge is 2.27. The van der Waals surface area contributed by atoms with Gasteiger partial charge in [-0.15, -0.1) is 10.2 Å². The van der Waals surface area contributed by atoms with E-state index >= 15 is 0 Å². The molecule has 0 spiro atoms. The normalized spacial score (nSPS) is 13.9. The summed E-state index contributed by atoms with van der Waals surface area (Å²) in [7, 11) is 1.58. The first-order valence-corrected chi connectivity index (χ1v) is 12.6. The molecule has 7 nitrogen and oxygen atoms in total. The molecule has 1 aliphatic carbocycles. The minimum absolute atomic E-state index is 0.0699. The van der Waals surface area contributed by atoms with Crippen LogP contribution >= 0.6 is 22.9 Å². The van der Waals surface area contributed by atoms with E-state index in [9.17, 15) is 9.59 Å². The summed E-state index contributed by atoms with van der Waals surface area (Å²) in [4.78, 5) is 27.9. The van der Waals surface area contributed by atoms with Gasteiger partial charge in [0.15, 0.2) is 0 Å². The van der Waals surface area contributed by atoms with E-state index in [2.05, 4.69) is 15.5 Å². The van der Waals surface area contributed by atoms with Crippen LogP contribution in [0.25, 0.3) is 10.6 Å². The Morgan fingerprint density at radius 3 is 2.62 bits per heavy atom. The van der Waals surface area contributed by atoms with Gasteiger partial charge in [-0.3, -0.25) is 9.59 Å². The molecule has 1 aliphatic rings. The molecule has 1 fully saturated rings. The number of aromatic nitrogens is 2. The van der Waals surface area contributed by atoms with Crippen molar-refractivity contribution >= 4 is 39.9 Å². The van der Waals surface area contributed by atoms with Crippen molar-refractivity contribution in [2.75, 3.05) is 19.0 Å². The standard InChI is InChI=1S/C25H27ClN4O3S/c1-33-21-9-5-6-18(16-21)24(32)30(20-7-3-2-4-8-20)15-14-22(31)27-25-29-28-23(34-25)17-10-12-19(26)13-11-17/h5-6,9-13,16,20H,2-4,7-8,14-15H2,1H3,(H,27,29,31). The van der Waals surface area contributed by atoms with Gasteiger partial charge in [-0.05, 0) is 43.2 Å². The number of methoxy groups -OCH3 is 1. The molecular formula is C25H27ClN4O3S. The van der Waals surface area contributed by atoms with Crippen molar-refractivity contribution in [1.29, 1.82) is 0 Å². The molecule has 0 bridgehead atoms. The van der Waals surface area contributed by atoms with Crippen LogP contribution in [0.1, 0.15) is 48.9 Å². The molecular weight excluding hydrogens is 472 g/mol. The molecule has 2 amide bonds. The van der Waals surface area contributed by atoms with E-state index in [0.29, 0.717) is 33.0 Å². The molecule has 34 heavy (non-hydrogen) atoms. The fraction of sp³-hybridized carbons (Fsp3) is 0.360. The largest absolute Gasteiger partial charge is 0.497 e. The van der Waals surface area contributed by atoms with Crippen molar-refractivity contribution in [2.24, 2.45) is 0 Å². The maximum absolute atomic E-state index is 13.4. The smallest absolute Gasteiger partial charge is 0.254 e. The fourth-order valence-corrected chi connectivity index (χ4v) is 5.04. The Morgan fingerprint density at radius 1 is 1.12 bits per heavy atom. The van der Waals surface area contributed by atoms with Gasteiger partial charge in [0.25, 0.3) is 5.91 Å². The number of nitrogens with one attached hydrogen (secondary N) is 1. The summed E-state index contributed by atoms with van der Waals surface area (Å²) in [6.07, 6.45) is 5.47. The van der Waals surface area contributed by atoms with Crippen molar-refractivity contribution in [3.05, 3.63) is 59.1 Å². The van der Waals surface area contributed by atoms with E-state index in [0.717, 1.165) is 31.2 Å². The highest BCUT2D eigenvalue weighted by Crippen LogP contribution is 2.28. The average Bonchev–Trinajstić information content (AvgIpc) is 3.33. The quantitative estimate of drug-likeness (QED) is 0.432. The predicted molar refractivity (Wildman–Crippen MR) is 135 cm³/mol. The monoisotopic (exact) mass is 498 g/mol. The second kappa shape index (κ2) is 11.4. The molecule has 0 atom stereocenters. The van der Waals surface area contributed by atoms with Gasteiger partial charge in [-0.1, -0.05) is 60.4 Å². The van der Waals surface area contributed by atoms with E-state index < -0.39 is 0 Å². The highest BCUT2D eigenvalue weighted by molar-refractivity contribution is 7.18. The van der Waals surface area contributed by atoms with Gasteiger partial charge in [-0.2, -0.15) is 0 Å². The van der Waals surface area contributed by atoms with E-state index in [1.54, 1.807) is 31.4 Å². The number of hydrogen-bond donors (Lipinski definition) is 1. The van der Waals surface area contributed by atoms with Crippen molar-refractivity contribution in [1.82, 2.24) is 15.1 Å². The lowest BCUT2D eigenvalue weighted by molar-refractivity contribution is -0.116. The second-order valence-corrected chi connectivity index (χ2v) is 9.65. The number of rotatable bonds is 8. The zero-order valence-corrected chi connectivity index (χ0v) is 20.6. The van der Waals surface area contributed by atoms with Crippen LogP contribution in [0.5, 0.6) is 5.75 Å². The Hall–Kier alpha value is -2.97. The van der Waals surface area contributed by atoms with E-state index in [1.165, 1.54) is 17.8 Å². The number of hydrogen-bond acceptors (Lipinski definition) is 6. The summed E-state index contributed by atoms with van der Waals surface area (Å²) in [5.41, 5.74) is 1.46. The molecule has 1 saturated carbocycles. The third-order valence-corrected chi connectivity index (χ3v) is 7.08. The molecule has 1 aromatic heterocycles. The van der Waals surface area contributed by atoms with Crippen molar-refractivity contribution in [2.45, 2.75) is 44.6 Å². The lowest BCUT2D eigenvalue weighted by atomic mass is 9.93. The molecule has 0 unspecified atom stereocenters. The average molecular weight is 499 g/mol. The Balaban J connectivity index is 1.41. The number of carbonyl (C=O) groups is 2. The van der Waals surface area contributed by atoms with Crippen LogP contribution in [-0.2, 0) is 4.79 Å². The summed E-state index contributed by atoms with van der Waals surface area (Å²) in [6.45, 7) is 0.343. The SMILES string of the molecule is COc1cccc(C(=O)N(CCC(=O)Nc2nnc(-c3ccc(Cl)cc3)s2)C2CCCCC2)c1. The summed E-state index contributed by atoms with van der Waals surface area (Å²) in [6, 6.07) is 14.6. The minimum Gasteiger partial charge on any atom is -0.497 e. The molecule has 0 aliphatic heterocycles. The third kappa shape index (κ3) is 6.12. The summed E-state index contributed by atoms with van der Waals surface area (Å²) in [5, 5.41) is 12.8. The number of carbonyl (C=O) groups excluding carboxylic acids is 2. The van der Waals surface area contributed by atoms with E-state index in [-0.39, 0.29) is 24.3 Å². The number of anilines is 1. The fourth-order valence-electron chi connectivity index (χ4n) is 4.15. The number of amides is 2. The van der Waals surface area contributed by atoms with Crippen molar-refractivity contribution < 1.29 is 14.3 Å². The lowest BCUT2D eigenvalue weighted by Gasteiger charge is -2.34. The van der Waals surface area contributed by atoms with Crippen molar-refractivity contribution in [3.8, 4) is 16.3 Å². The van der Waals surface area contributed by atoms with Crippen LogP contribution in [0.3, 0.4) is 0 Å². The lowest BCUT2D eigenvalue weighted by Crippen LogP contribution is -2.43. The summed E-state index contributed by atoms with van der Waals surface area (Å²) < 4.78 is 5.28. The molecule has 3 aromatic rings. The van der Waals surface area contributed by atoms with Crippen LogP contribution in [-0.4, -0.2) is 46.6 Å². The molecule has 9 heteroatoms. The van der Waals surface area contributed by atoms with Crippen LogP contribution in [0.4, 0.5) is 5.13 Å². The van der Waals surface area contributed by atoms with Gasteiger partial charge in [0.2, 0.25) is 11.0 Å². The van der Waals surface area contributed by atoms with E-state index in [4.69, 9.17) is 16.3 Å². The zero-order valence-electron chi connectivity index (χ0n) is 19.0. The first-order chi connectivity index (χ1) is 16.5. The van der Waals surface area contributed by atoms with Crippen molar-refractivity contribution in [3.63, 3.8) is 0 Å². The second-order valence-electron chi connectivity index (χ2n) is 8.24. The van der Waals surface area contributed by atoms with Gasteiger partial charge in [0, 0.05) is 35.2 Å². The first kappa shape index (κ1) is 24.2. The molecule has 1 N–H and O–H groups in total.